The summed E-state index contributed by atoms with van der Waals surface area (Å²) >= 11 is 1.46. The highest BCUT2D eigenvalue weighted by atomic mass is 32.1. The summed E-state index contributed by atoms with van der Waals surface area (Å²) in [6, 6.07) is 7.73. The fourth-order valence-electron chi connectivity index (χ4n) is 2.05. The minimum atomic E-state index is -0.721. The van der Waals surface area contributed by atoms with Crippen molar-refractivity contribution in [2.75, 3.05) is 12.4 Å². The second-order valence-electron chi connectivity index (χ2n) is 4.80. The van der Waals surface area contributed by atoms with Gasteiger partial charge in [0.05, 0.1) is 15.4 Å². The first-order valence-electron chi connectivity index (χ1n) is 7.08. The molecular formula is C15H12N4O5S. The SMILES string of the molecule is CNc1ccc(C(=O)OCc2nc(-c3cccs3)no2)cc1[N+](=O)[O-]. The quantitative estimate of drug-likeness (QED) is 0.404. The summed E-state index contributed by atoms with van der Waals surface area (Å²) in [5.74, 6) is -0.171. The van der Waals surface area contributed by atoms with Crippen molar-refractivity contribution in [1.82, 2.24) is 10.1 Å². The number of hydrogen-bond acceptors (Lipinski definition) is 9. The van der Waals surface area contributed by atoms with Crippen LogP contribution in [0.4, 0.5) is 11.4 Å². The molecule has 25 heavy (non-hydrogen) atoms. The van der Waals surface area contributed by atoms with Gasteiger partial charge in [0.1, 0.15) is 5.69 Å². The number of esters is 1. The monoisotopic (exact) mass is 360 g/mol. The lowest BCUT2D eigenvalue weighted by Gasteiger charge is -2.05. The average Bonchev–Trinajstić information content (AvgIpc) is 3.30. The maximum Gasteiger partial charge on any atom is 0.338 e. The van der Waals surface area contributed by atoms with Crippen LogP contribution in [-0.2, 0) is 11.3 Å². The van der Waals surface area contributed by atoms with E-state index in [0.29, 0.717) is 11.5 Å². The van der Waals surface area contributed by atoms with Gasteiger partial charge in [-0.25, -0.2) is 4.79 Å². The van der Waals surface area contributed by atoms with E-state index < -0.39 is 10.9 Å². The van der Waals surface area contributed by atoms with Gasteiger partial charge in [-0.05, 0) is 23.6 Å². The zero-order valence-corrected chi connectivity index (χ0v) is 13.8. The molecule has 0 spiro atoms. The Balaban J connectivity index is 1.69. The van der Waals surface area contributed by atoms with Crippen molar-refractivity contribution < 1.29 is 19.0 Å². The molecule has 0 aliphatic rings. The van der Waals surface area contributed by atoms with Crippen LogP contribution in [0.3, 0.4) is 0 Å². The maximum absolute atomic E-state index is 12.1. The molecule has 0 aliphatic heterocycles. The summed E-state index contributed by atoms with van der Waals surface area (Å²) in [4.78, 5) is 27.5. The van der Waals surface area contributed by atoms with Crippen LogP contribution in [0.15, 0.2) is 40.2 Å². The molecule has 1 aromatic carbocycles. The van der Waals surface area contributed by atoms with Crippen molar-refractivity contribution in [2.45, 2.75) is 6.61 Å². The Kier molecular flexibility index (Phi) is 4.70. The van der Waals surface area contributed by atoms with Crippen LogP contribution >= 0.6 is 11.3 Å². The maximum atomic E-state index is 12.1. The number of carbonyl (C=O) groups excluding carboxylic acids is 1. The summed E-state index contributed by atoms with van der Waals surface area (Å²) in [7, 11) is 1.56. The van der Waals surface area contributed by atoms with Crippen molar-refractivity contribution in [3.8, 4) is 10.7 Å². The van der Waals surface area contributed by atoms with E-state index in [-0.39, 0.29) is 23.7 Å². The molecule has 0 aliphatic carbocycles. The van der Waals surface area contributed by atoms with Gasteiger partial charge in [0.15, 0.2) is 6.61 Å². The highest BCUT2D eigenvalue weighted by Gasteiger charge is 2.18. The van der Waals surface area contributed by atoms with Crippen molar-refractivity contribution in [3.63, 3.8) is 0 Å². The first-order valence-corrected chi connectivity index (χ1v) is 7.96. The Hall–Kier alpha value is -3.27. The van der Waals surface area contributed by atoms with E-state index >= 15 is 0 Å². The molecule has 9 nitrogen and oxygen atoms in total. The van der Waals surface area contributed by atoms with E-state index in [4.69, 9.17) is 9.26 Å². The van der Waals surface area contributed by atoms with E-state index in [2.05, 4.69) is 15.5 Å². The number of ether oxygens (including phenoxy) is 1. The number of benzene rings is 1. The number of nitro groups is 1. The van der Waals surface area contributed by atoms with Crippen LogP contribution in [0.2, 0.25) is 0 Å². The Morgan fingerprint density at radius 2 is 2.28 bits per heavy atom. The predicted molar refractivity (Wildman–Crippen MR) is 89.4 cm³/mol. The summed E-state index contributed by atoms with van der Waals surface area (Å²) < 4.78 is 10.1. The molecule has 2 heterocycles. The van der Waals surface area contributed by atoms with Gasteiger partial charge in [-0.1, -0.05) is 11.2 Å². The van der Waals surface area contributed by atoms with Gasteiger partial charge in [0.2, 0.25) is 5.82 Å². The summed E-state index contributed by atoms with van der Waals surface area (Å²) in [5, 5.41) is 19.4. The van der Waals surface area contributed by atoms with Gasteiger partial charge >= 0.3 is 5.97 Å². The van der Waals surface area contributed by atoms with Crippen LogP contribution < -0.4 is 5.32 Å². The summed E-state index contributed by atoms with van der Waals surface area (Å²) in [6.45, 7) is -0.223. The fourth-order valence-corrected chi connectivity index (χ4v) is 2.70. The fraction of sp³-hybridized carbons (Fsp3) is 0.133. The molecule has 0 bridgehead atoms. The highest BCUT2D eigenvalue weighted by molar-refractivity contribution is 7.13. The summed E-state index contributed by atoms with van der Waals surface area (Å²) in [5.41, 5.74) is 0.150. The number of nitro benzene ring substituents is 1. The van der Waals surface area contributed by atoms with Crippen molar-refractivity contribution >= 4 is 28.7 Å². The van der Waals surface area contributed by atoms with E-state index in [0.717, 1.165) is 10.9 Å². The lowest BCUT2D eigenvalue weighted by Crippen LogP contribution is -2.07. The molecule has 0 saturated heterocycles. The topological polar surface area (TPSA) is 120 Å². The smallest absolute Gasteiger partial charge is 0.338 e. The molecule has 0 atom stereocenters. The van der Waals surface area contributed by atoms with Crippen molar-refractivity contribution in [1.29, 1.82) is 0 Å². The Morgan fingerprint density at radius 3 is 2.96 bits per heavy atom. The molecule has 2 aromatic heterocycles. The van der Waals surface area contributed by atoms with Gasteiger partial charge in [0.25, 0.3) is 11.6 Å². The van der Waals surface area contributed by atoms with Crippen LogP contribution in [0.5, 0.6) is 0 Å². The molecule has 0 saturated carbocycles. The van der Waals surface area contributed by atoms with Gasteiger partial charge in [-0.2, -0.15) is 4.98 Å². The van der Waals surface area contributed by atoms with Crippen LogP contribution in [0, 0.1) is 10.1 Å². The normalized spacial score (nSPS) is 10.4. The number of hydrogen-bond donors (Lipinski definition) is 1. The predicted octanol–water partition coefficient (Wildman–Crippen LogP) is 3.11. The van der Waals surface area contributed by atoms with E-state index in [1.54, 1.807) is 7.05 Å². The van der Waals surface area contributed by atoms with Gasteiger partial charge in [-0.3, -0.25) is 10.1 Å². The molecule has 10 heteroatoms. The third kappa shape index (κ3) is 3.63. The van der Waals surface area contributed by atoms with Gasteiger partial charge in [-0.15, -0.1) is 11.3 Å². The third-order valence-electron chi connectivity index (χ3n) is 3.24. The zero-order chi connectivity index (χ0) is 17.8. The summed E-state index contributed by atoms with van der Waals surface area (Å²) in [6.07, 6.45) is 0. The lowest BCUT2D eigenvalue weighted by atomic mass is 10.1. The molecule has 0 radical (unpaired) electrons. The number of anilines is 1. The molecular weight excluding hydrogens is 348 g/mol. The molecule has 0 fully saturated rings. The number of nitrogens with one attached hydrogen (secondary N) is 1. The average molecular weight is 360 g/mol. The molecule has 3 rings (SSSR count). The van der Waals surface area contributed by atoms with E-state index in [1.165, 1.54) is 23.5 Å². The first kappa shape index (κ1) is 16.6. The number of rotatable bonds is 6. The van der Waals surface area contributed by atoms with Crippen LogP contribution in [0.1, 0.15) is 16.2 Å². The molecule has 128 valence electrons. The molecule has 1 N–H and O–H groups in total. The molecule has 0 amide bonds. The number of thiophene rings is 1. The second-order valence-corrected chi connectivity index (χ2v) is 5.75. The highest BCUT2D eigenvalue weighted by Crippen LogP contribution is 2.25. The third-order valence-corrected chi connectivity index (χ3v) is 4.10. The Labute approximate surface area is 145 Å². The second kappa shape index (κ2) is 7.09. The standard InChI is InChI=1S/C15H12N4O5S/c1-16-10-5-4-9(7-11(10)19(21)22)15(20)23-8-13-17-14(18-24-13)12-3-2-6-25-12/h2-7,16H,8H2,1H3. The molecule has 3 aromatic rings. The number of aromatic nitrogens is 2. The Morgan fingerprint density at radius 1 is 1.44 bits per heavy atom. The van der Waals surface area contributed by atoms with Crippen LogP contribution in [0.25, 0.3) is 10.7 Å². The first-order chi connectivity index (χ1) is 12.1. The van der Waals surface area contributed by atoms with E-state index in [9.17, 15) is 14.9 Å². The van der Waals surface area contributed by atoms with Gasteiger partial charge in [0, 0.05) is 13.1 Å². The lowest BCUT2D eigenvalue weighted by molar-refractivity contribution is -0.384. The zero-order valence-electron chi connectivity index (χ0n) is 13.0. The van der Waals surface area contributed by atoms with Crippen molar-refractivity contribution in [3.05, 3.63) is 57.3 Å². The largest absolute Gasteiger partial charge is 0.452 e. The number of nitrogens with zero attached hydrogens (tertiary/aromatic N) is 3. The molecule has 0 unspecified atom stereocenters. The van der Waals surface area contributed by atoms with Gasteiger partial charge < -0.3 is 14.6 Å². The minimum absolute atomic E-state index is 0.0590. The Bertz CT molecular complexity index is 907. The van der Waals surface area contributed by atoms with Crippen molar-refractivity contribution in [2.24, 2.45) is 0 Å². The van der Waals surface area contributed by atoms with E-state index in [1.807, 2.05) is 17.5 Å². The van der Waals surface area contributed by atoms with Crippen LogP contribution in [-0.4, -0.2) is 28.1 Å². The number of carbonyl (C=O) groups is 1. The minimum Gasteiger partial charge on any atom is -0.452 e.